The second kappa shape index (κ2) is 4.72. The van der Waals surface area contributed by atoms with Gasteiger partial charge in [0.1, 0.15) is 0 Å². The average Bonchev–Trinajstić information content (AvgIpc) is 2.15. The van der Waals surface area contributed by atoms with E-state index in [1.807, 2.05) is 30.3 Å². The minimum atomic E-state index is -1.11. The van der Waals surface area contributed by atoms with Gasteiger partial charge in [-0.25, -0.2) is 9.21 Å². The fourth-order valence-corrected chi connectivity index (χ4v) is 1.05. The van der Waals surface area contributed by atoms with Gasteiger partial charge in [-0.3, -0.25) is 0 Å². The molecule has 1 aromatic carbocycles. The monoisotopic (exact) mass is 199 g/mol. The molecule has 0 aliphatic heterocycles. The lowest BCUT2D eigenvalue weighted by molar-refractivity contribution is 0.173. The zero-order valence-electron chi connectivity index (χ0n) is 6.98. The lowest BCUT2D eigenvalue weighted by atomic mass is 10.1. The second-order valence-electron chi connectivity index (χ2n) is 2.60. The van der Waals surface area contributed by atoms with Crippen LogP contribution >= 0.6 is 11.8 Å². The Balaban J connectivity index is 2.39. The highest BCUT2D eigenvalue weighted by molar-refractivity contribution is 6.19. The third-order valence-corrected chi connectivity index (χ3v) is 1.96. The summed E-state index contributed by atoms with van der Waals surface area (Å²) < 4.78 is 0.757. The Labute approximate surface area is 81.7 Å². The zero-order chi connectivity index (χ0) is 9.68. The molecule has 0 heterocycles. The lowest BCUT2D eigenvalue weighted by Crippen LogP contribution is -2.21. The number of nitrogens with zero attached hydrogens (tertiary/aromatic N) is 1. The van der Waals surface area contributed by atoms with E-state index in [1.165, 1.54) is 0 Å². The van der Waals surface area contributed by atoms with Crippen LogP contribution in [0.15, 0.2) is 30.3 Å². The molecule has 0 saturated heterocycles. The van der Waals surface area contributed by atoms with Gasteiger partial charge in [0, 0.05) is 18.3 Å². The standard InChI is InChI=1S/C9H10ClNO2/c10-11(9(12)13)7-6-8-4-2-1-3-5-8/h1-5H,6-7H2,(H,12,13). The summed E-state index contributed by atoms with van der Waals surface area (Å²) in [5.74, 6) is 0. The van der Waals surface area contributed by atoms with E-state index in [0.29, 0.717) is 13.0 Å². The van der Waals surface area contributed by atoms with Gasteiger partial charge < -0.3 is 5.11 Å². The Morgan fingerprint density at radius 1 is 1.38 bits per heavy atom. The van der Waals surface area contributed by atoms with Gasteiger partial charge in [-0.2, -0.15) is 0 Å². The van der Waals surface area contributed by atoms with Crippen molar-refractivity contribution >= 4 is 17.9 Å². The van der Waals surface area contributed by atoms with Crippen LogP contribution in [-0.4, -0.2) is 22.2 Å². The molecule has 1 amide bonds. The fourth-order valence-electron chi connectivity index (χ4n) is 0.968. The molecule has 0 saturated carbocycles. The van der Waals surface area contributed by atoms with Crippen LogP contribution in [0.1, 0.15) is 5.56 Å². The summed E-state index contributed by atoms with van der Waals surface area (Å²) in [5.41, 5.74) is 1.08. The van der Waals surface area contributed by atoms with Gasteiger partial charge in [-0.15, -0.1) is 0 Å². The molecule has 0 radical (unpaired) electrons. The molecule has 0 unspecified atom stereocenters. The smallest absolute Gasteiger partial charge is 0.422 e. The number of carboxylic acid groups (broad SMARTS) is 1. The summed E-state index contributed by atoms with van der Waals surface area (Å²) in [4.78, 5) is 10.3. The maximum atomic E-state index is 10.3. The average molecular weight is 200 g/mol. The number of hydrogen-bond donors (Lipinski definition) is 1. The van der Waals surface area contributed by atoms with Crippen molar-refractivity contribution < 1.29 is 9.90 Å². The predicted octanol–water partition coefficient (Wildman–Crippen LogP) is 2.36. The maximum Gasteiger partial charge on any atom is 0.422 e. The Morgan fingerprint density at radius 3 is 2.54 bits per heavy atom. The third-order valence-electron chi connectivity index (χ3n) is 1.65. The number of benzene rings is 1. The van der Waals surface area contributed by atoms with E-state index in [4.69, 9.17) is 16.9 Å². The van der Waals surface area contributed by atoms with E-state index in [-0.39, 0.29) is 0 Å². The molecule has 4 heteroatoms. The highest BCUT2D eigenvalue weighted by Crippen LogP contribution is 2.03. The summed E-state index contributed by atoms with van der Waals surface area (Å²) in [6, 6.07) is 9.61. The highest BCUT2D eigenvalue weighted by atomic mass is 35.5. The molecular formula is C9H10ClNO2. The molecule has 3 nitrogen and oxygen atoms in total. The fraction of sp³-hybridized carbons (Fsp3) is 0.222. The van der Waals surface area contributed by atoms with Crippen molar-refractivity contribution in [3.63, 3.8) is 0 Å². The Bertz CT molecular complexity index is 276. The van der Waals surface area contributed by atoms with Gasteiger partial charge >= 0.3 is 6.09 Å². The summed E-state index contributed by atoms with van der Waals surface area (Å²) in [7, 11) is 0. The number of hydrogen-bond acceptors (Lipinski definition) is 1. The number of halogens is 1. The van der Waals surface area contributed by atoms with Gasteiger partial charge in [0.05, 0.1) is 0 Å². The largest absolute Gasteiger partial charge is 0.464 e. The molecule has 70 valence electrons. The minimum absolute atomic E-state index is 0.306. The quantitative estimate of drug-likeness (QED) is 0.760. The van der Waals surface area contributed by atoms with Gasteiger partial charge in [0.15, 0.2) is 0 Å². The lowest BCUT2D eigenvalue weighted by Gasteiger charge is -2.08. The molecule has 13 heavy (non-hydrogen) atoms. The summed E-state index contributed by atoms with van der Waals surface area (Å²) in [6.45, 7) is 0.306. The second-order valence-corrected chi connectivity index (χ2v) is 3.01. The molecule has 0 atom stereocenters. The van der Waals surface area contributed by atoms with Crippen molar-refractivity contribution in [1.29, 1.82) is 0 Å². The van der Waals surface area contributed by atoms with Crippen LogP contribution in [0.3, 0.4) is 0 Å². The van der Waals surface area contributed by atoms with Gasteiger partial charge in [-0.1, -0.05) is 30.3 Å². The van der Waals surface area contributed by atoms with E-state index >= 15 is 0 Å². The topological polar surface area (TPSA) is 40.5 Å². The van der Waals surface area contributed by atoms with Crippen molar-refractivity contribution in [2.24, 2.45) is 0 Å². The molecule has 1 aromatic rings. The molecule has 0 aliphatic rings. The van der Waals surface area contributed by atoms with Gasteiger partial charge in [0.2, 0.25) is 0 Å². The number of rotatable bonds is 3. The highest BCUT2D eigenvalue weighted by Gasteiger charge is 2.06. The van der Waals surface area contributed by atoms with Crippen LogP contribution in [0.5, 0.6) is 0 Å². The van der Waals surface area contributed by atoms with E-state index in [0.717, 1.165) is 9.98 Å². The molecule has 0 spiro atoms. The van der Waals surface area contributed by atoms with E-state index in [2.05, 4.69) is 0 Å². The van der Waals surface area contributed by atoms with Crippen LogP contribution in [0.2, 0.25) is 0 Å². The molecule has 0 bridgehead atoms. The SMILES string of the molecule is O=C(O)N(Cl)CCc1ccccc1. The zero-order valence-corrected chi connectivity index (χ0v) is 7.74. The van der Waals surface area contributed by atoms with E-state index < -0.39 is 6.09 Å². The first-order chi connectivity index (χ1) is 6.20. The number of carbonyl (C=O) groups is 1. The minimum Gasteiger partial charge on any atom is -0.464 e. The van der Waals surface area contributed by atoms with Crippen LogP contribution in [-0.2, 0) is 6.42 Å². The molecule has 1 rings (SSSR count). The van der Waals surface area contributed by atoms with Crippen LogP contribution in [0, 0.1) is 0 Å². The van der Waals surface area contributed by atoms with Crippen molar-refractivity contribution in [2.45, 2.75) is 6.42 Å². The predicted molar refractivity (Wildman–Crippen MR) is 50.7 cm³/mol. The first kappa shape index (κ1) is 9.86. The molecule has 0 aliphatic carbocycles. The van der Waals surface area contributed by atoms with Crippen molar-refractivity contribution in [3.05, 3.63) is 35.9 Å². The maximum absolute atomic E-state index is 10.3. The van der Waals surface area contributed by atoms with Crippen molar-refractivity contribution in [3.8, 4) is 0 Å². The molecular weight excluding hydrogens is 190 g/mol. The van der Waals surface area contributed by atoms with Crippen LogP contribution in [0.4, 0.5) is 4.79 Å². The number of amides is 1. The van der Waals surface area contributed by atoms with Crippen molar-refractivity contribution in [1.82, 2.24) is 4.42 Å². The van der Waals surface area contributed by atoms with Crippen LogP contribution in [0.25, 0.3) is 0 Å². The molecule has 0 fully saturated rings. The Hall–Kier alpha value is -1.22. The van der Waals surface area contributed by atoms with E-state index in [1.54, 1.807) is 0 Å². The Morgan fingerprint density at radius 2 is 2.00 bits per heavy atom. The molecule has 0 aromatic heterocycles. The summed E-state index contributed by atoms with van der Waals surface area (Å²) >= 11 is 5.40. The summed E-state index contributed by atoms with van der Waals surface area (Å²) in [5, 5.41) is 8.45. The normalized spacial score (nSPS) is 9.62. The first-order valence-electron chi connectivity index (χ1n) is 3.90. The van der Waals surface area contributed by atoms with Crippen LogP contribution < -0.4 is 0 Å². The van der Waals surface area contributed by atoms with Crippen molar-refractivity contribution in [2.75, 3.05) is 6.54 Å². The summed E-state index contributed by atoms with van der Waals surface area (Å²) in [6.07, 6.45) is -0.478. The first-order valence-corrected chi connectivity index (χ1v) is 4.24. The van der Waals surface area contributed by atoms with E-state index in [9.17, 15) is 4.79 Å². The third kappa shape index (κ3) is 3.34. The van der Waals surface area contributed by atoms with Gasteiger partial charge in [-0.05, 0) is 12.0 Å². The molecule has 1 N–H and O–H groups in total. The van der Waals surface area contributed by atoms with Gasteiger partial charge in [0.25, 0.3) is 0 Å². The Kier molecular flexibility index (Phi) is 3.58.